The average Bonchev–Trinajstić information content (AvgIpc) is 3.40. The molecule has 23 heavy (non-hydrogen) atoms. The van der Waals surface area contributed by atoms with Crippen molar-refractivity contribution in [2.24, 2.45) is 53.3 Å². The Morgan fingerprint density at radius 2 is 0.826 bits per heavy atom. The van der Waals surface area contributed by atoms with Gasteiger partial charge in [0.25, 0.3) is 0 Å². The average molecular weight is 377 g/mol. The van der Waals surface area contributed by atoms with Crippen LogP contribution in [0.5, 0.6) is 0 Å². The van der Waals surface area contributed by atoms with Gasteiger partial charge in [0.05, 0.1) is 0 Å². The highest BCUT2D eigenvalue weighted by molar-refractivity contribution is 9.10. The van der Waals surface area contributed by atoms with Crippen LogP contribution in [0.25, 0.3) is 0 Å². The van der Waals surface area contributed by atoms with Crippen molar-refractivity contribution in [3.05, 3.63) is 0 Å². The molecule has 0 aliphatic heterocycles. The quantitative estimate of drug-likeness (QED) is 0.497. The van der Waals surface area contributed by atoms with Gasteiger partial charge in [-0.1, -0.05) is 35.2 Å². The van der Waals surface area contributed by atoms with Crippen molar-refractivity contribution in [1.82, 2.24) is 0 Å². The zero-order valence-electron chi connectivity index (χ0n) is 14.6. The predicted molar refractivity (Wildman–Crippen MR) is 98.5 cm³/mol. The summed E-state index contributed by atoms with van der Waals surface area (Å²) in [5.41, 5.74) is 0. The summed E-state index contributed by atoms with van der Waals surface area (Å²) in [5, 5.41) is 0. The van der Waals surface area contributed by atoms with Crippen LogP contribution in [0, 0.1) is 53.3 Å². The molecule has 6 aliphatic rings. The molecule has 6 saturated carbocycles. The van der Waals surface area contributed by atoms with Crippen LogP contribution in [0.2, 0.25) is 0 Å². The van der Waals surface area contributed by atoms with E-state index in [0.29, 0.717) is 4.32 Å². The Bertz CT molecular complexity index is 429. The molecular weight excluding hydrogens is 344 g/mol. The highest BCUT2D eigenvalue weighted by atomic mass is 79.9. The minimum absolute atomic E-state index is 0.562. The Morgan fingerprint density at radius 1 is 0.478 bits per heavy atom. The normalized spacial score (nSPS) is 59.1. The molecule has 128 valence electrons. The van der Waals surface area contributed by atoms with Crippen LogP contribution < -0.4 is 0 Å². The first kappa shape index (κ1) is 14.6. The molecule has 0 amide bonds. The minimum atomic E-state index is 0.562. The number of fused-ring (bicyclic) bond motifs is 6. The largest absolute Gasteiger partial charge is 0.0844 e. The lowest BCUT2D eigenvalue weighted by atomic mass is 9.60. The first-order valence-electron chi connectivity index (χ1n) is 10.9. The molecule has 0 heterocycles. The van der Waals surface area contributed by atoms with Crippen molar-refractivity contribution in [1.29, 1.82) is 0 Å². The fourth-order valence-corrected chi connectivity index (χ4v) is 10.9. The lowest BCUT2D eigenvalue weighted by Crippen LogP contribution is -2.51. The van der Waals surface area contributed by atoms with E-state index in [2.05, 4.69) is 15.9 Å². The molecule has 6 rings (SSSR count). The fraction of sp³-hybridized carbons (Fsp3) is 1.00. The number of hydrogen-bond acceptors (Lipinski definition) is 0. The molecule has 0 aromatic heterocycles. The molecule has 0 N–H and O–H groups in total. The monoisotopic (exact) mass is 376 g/mol. The summed E-state index contributed by atoms with van der Waals surface area (Å²) in [6, 6.07) is 0. The molecule has 0 spiro atoms. The van der Waals surface area contributed by atoms with Crippen LogP contribution in [0.4, 0.5) is 0 Å². The van der Waals surface area contributed by atoms with Gasteiger partial charge in [-0.3, -0.25) is 0 Å². The second kappa shape index (κ2) is 5.01. The van der Waals surface area contributed by atoms with Crippen molar-refractivity contribution in [3.63, 3.8) is 0 Å². The topological polar surface area (TPSA) is 0 Å². The Labute approximate surface area is 150 Å². The molecule has 0 aromatic carbocycles. The van der Waals surface area contributed by atoms with Gasteiger partial charge in [0.1, 0.15) is 0 Å². The maximum atomic E-state index is 4.67. The number of alkyl halides is 1. The van der Waals surface area contributed by atoms with Gasteiger partial charge in [-0.15, -0.1) is 0 Å². The summed E-state index contributed by atoms with van der Waals surface area (Å²) in [5.74, 6) is 9.77. The summed E-state index contributed by atoms with van der Waals surface area (Å²) >= 11 is 4.67. The SMILES string of the molecule is BrC(C1CC2CCC1C2)(C1CC2CCC1C2)C1CC2CCC1C2. The van der Waals surface area contributed by atoms with Crippen LogP contribution in [0.1, 0.15) is 77.0 Å². The van der Waals surface area contributed by atoms with Gasteiger partial charge >= 0.3 is 0 Å². The van der Waals surface area contributed by atoms with Gasteiger partial charge in [-0.2, -0.15) is 0 Å². The smallest absolute Gasteiger partial charge is 0.0350 e. The number of rotatable bonds is 3. The van der Waals surface area contributed by atoms with E-state index >= 15 is 0 Å². The van der Waals surface area contributed by atoms with E-state index in [0.717, 1.165) is 53.3 Å². The molecule has 0 aromatic rings. The van der Waals surface area contributed by atoms with Crippen molar-refractivity contribution < 1.29 is 0 Å². The van der Waals surface area contributed by atoms with Crippen molar-refractivity contribution >= 4 is 15.9 Å². The van der Waals surface area contributed by atoms with Crippen molar-refractivity contribution in [2.75, 3.05) is 0 Å². The Hall–Kier alpha value is 0.480. The van der Waals surface area contributed by atoms with Gasteiger partial charge < -0.3 is 0 Å². The van der Waals surface area contributed by atoms with Crippen LogP contribution in [0.15, 0.2) is 0 Å². The van der Waals surface area contributed by atoms with Crippen LogP contribution >= 0.6 is 15.9 Å². The highest BCUT2D eigenvalue weighted by Crippen LogP contribution is 2.68. The van der Waals surface area contributed by atoms with E-state index in [4.69, 9.17) is 0 Å². The highest BCUT2D eigenvalue weighted by Gasteiger charge is 2.63. The molecule has 0 nitrogen and oxygen atoms in total. The molecule has 9 atom stereocenters. The first-order chi connectivity index (χ1) is 11.2. The van der Waals surface area contributed by atoms with E-state index in [1.54, 1.807) is 77.0 Å². The van der Waals surface area contributed by atoms with Gasteiger partial charge in [0, 0.05) is 4.32 Å². The second-order valence-corrected chi connectivity index (χ2v) is 12.0. The van der Waals surface area contributed by atoms with Crippen molar-refractivity contribution in [3.8, 4) is 0 Å². The summed E-state index contributed by atoms with van der Waals surface area (Å²) < 4.78 is 0.562. The van der Waals surface area contributed by atoms with Crippen LogP contribution in [0.3, 0.4) is 0 Å². The van der Waals surface area contributed by atoms with E-state index in [9.17, 15) is 0 Å². The third kappa shape index (κ3) is 1.95. The first-order valence-corrected chi connectivity index (χ1v) is 11.7. The third-order valence-electron chi connectivity index (χ3n) is 9.92. The van der Waals surface area contributed by atoms with E-state index in [-0.39, 0.29) is 0 Å². The predicted octanol–water partition coefficient (Wildman–Crippen LogP) is 6.43. The van der Waals surface area contributed by atoms with Gasteiger partial charge in [-0.05, 0) is 111 Å². The maximum Gasteiger partial charge on any atom is 0.0350 e. The molecule has 9 unspecified atom stereocenters. The Balaban J connectivity index is 1.38. The summed E-state index contributed by atoms with van der Waals surface area (Å²) in [7, 11) is 0. The lowest BCUT2D eigenvalue weighted by molar-refractivity contribution is 0.0786. The van der Waals surface area contributed by atoms with Gasteiger partial charge in [0.2, 0.25) is 0 Å². The molecule has 0 saturated heterocycles. The Kier molecular flexibility index (Phi) is 3.19. The maximum absolute atomic E-state index is 4.67. The van der Waals surface area contributed by atoms with E-state index in [1.165, 1.54) is 0 Å². The molecule has 6 bridgehead atoms. The van der Waals surface area contributed by atoms with Crippen LogP contribution in [-0.4, -0.2) is 4.32 Å². The number of hydrogen-bond donors (Lipinski definition) is 0. The van der Waals surface area contributed by atoms with E-state index < -0.39 is 0 Å². The third-order valence-corrected chi connectivity index (χ3v) is 11.7. The van der Waals surface area contributed by atoms with Gasteiger partial charge in [0.15, 0.2) is 0 Å². The van der Waals surface area contributed by atoms with Gasteiger partial charge in [-0.25, -0.2) is 0 Å². The van der Waals surface area contributed by atoms with Crippen molar-refractivity contribution in [2.45, 2.75) is 81.4 Å². The summed E-state index contributed by atoms with van der Waals surface area (Å²) in [6.07, 6.45) is 19.0. The number of halogens is 1. The molecule has 6 fully saturated rings. The zero-order chi connectivity index (χ0) is 15.2. The molecule has 1 heteroatoms. The fourth-order valence-electron chi connectivity index (χ4n) is 9.18. The molecule has 6 aliphatic carbocycles. The summed E-state index contributed by atoms with van der Waals surface area (Å²) in [6.45, 7) is 0. The van der Waals surface area contributed by atoms with Crippen LogP contribution in [-0.2, 0) is 0 Å². The zero-order valence-corrected chi connectivity index (χ0v) is 16.1. The Morgan fingerprint density at radius 3 is 1.04 bits per heavy atom. The van der Waals surface area contributed by atoms with E-state index in [1.807, 2.05) is 0 Å². The minimum Gasteiger partial charge on any atom is -0.0844 e. The standard InChI is InChI=1S/C22H33Br/c23-22(19-10-13-1-4-16(19)7-13,20-11-14-2-5-17(20)8-14)21-12-15-3-6-18(21)9-15/h13-21H,1-12H2. The summed E-state index contributed by atoms with van der Waals surface area (Å²) in [4.78, 5) is 0. The molecular formula is C22H33Br. The molecule has 0 radical (unpaired) electrons. The lowest BCUT2D eigenvalue weighted by Gasteiger charge is -2.52. The second-order valence-electron chi connectivity index (χ2n) is 10.7.